The quantitative estimate of drug-likeness (QED) is 0.0211. The molecule has 0 saturated carbocycles. The summed E-state index contributed by atoms with van der Waals surface area (Å²) in [5.74, 6) is -2.05. The Morgan fingerprint density at radius 3 is 1.25 bits per heavy atom. The van der Waals surface area contributed by atoms with E-state index in [1.807, 2.05) is 21.1 Å². The SMILES string of the molecule is CC/C=C\C/C=C\C/C=C\C/C=C\C/C=C\C/C=C\CCCCCCCCCCC(=O)OC(COC(=O)CCCCCCC/C=C\C/C=C\CCCCCC)COC(OCC[N+](C)(C)C)C(=O)O. The molecule has 2 unspecified atom stereocenters. The first-order valence-electron chi connectivity index (χ1n) is 26.9. The van der Waals surface area contributed by atoms with Crippen molar-refractivity contribution in [1.29, 1.82) is 0 Å². The number of unbranched alkanes of at least 4 members (excludes halogenated alkanes) is 17. The topological polar surface area (TPSA) is 108 Å². The highest BCUT2D eigenvalue weighted by molar-refractivity contribution is 5.71. The van der Waals surface area contributed by atoms with E-state index in [9.17, 15) is 19.5 Å². The lowest BCUT2D eigenvalue weighted by molar-refractivity contribution is -0.870. The molecular formula is C59H100NO8+. The van der Waals surface area contributed by atoms with Crippen molar-refractivity contribution in [3.8, 4) is 0 Å². The van der Waals surface area contributed by atoms with Gasteiger partial charge in [-0.3, -0.25) is 9.59 Å². The number of carboxylic acid groups (broad SMARTS) is 1. The number of aliphatic carboxylic acids is 1. The Labute approximate surface area is 416 Å². The van der Waals surface area contributed by atoms with Crippen LogP contribution in [0.25, 0.3) is 0 Å². The number of nitrogens with zero attached hydrogens (tertiary/aromatic N) is 1. The zero-order chi connectivity index (χ0) is 49.9. The maximum absolute atomic E-state index is 12.8. The van der Waals surface area contributed by atoms with E-state index in [2.05, 4.69) is 111 Å². The third-order valence-corrected chi connectivity index (χ3v) is 11.1. The summed E-state index contributed by atoms with van der Waals surface area (Å²) in [7, 11) is 5.95. The second kappa shape index (κ2) is 49.6. The summed E-state index contributed by atoms with van der Waals surface area (Å²) >= 11 is 0. The van der Waals surface area contributed by atoms with Gasteiger partial charge in [-0.25, -0.2) is 4.79 Å². The van der Waals surface area contributed by atoms with Crippen molar-refractivity contribution in [3.05, 3.63) is 97.2 Å². The summed E-state index contributed by atoms with van der Waals surface area (Å²) in [6.07, 6.45) is 63.3. The predicted octanol–water partition coefficient (Wildman–Crippen LogP) is 15.4. The van der Waals surface area contributed by atoms with E-state index in [-0.39, 0.29) is 38.6 Å². The number of carbonyl (C=O) groups excluding carboxylic acids is 2. The van der Waals surface area contributed by atoms with Gasteiger partial charge >= 0.3 is 17.9 Å². The number of hydrogen-bond acceptors (Lipinski definition) is 7. The molecule has 0 radical (unpaired) electrons. The van der Waals surface area contributed by atoms with Crippen LogP contribution < -0.4 is 0 Å². The van der Waals surface area contributed by atoms with Crippen LogP contribution in [0.2, 0.25) is 0 Å². The van der Waals surface area contributed by atoms with Crippen LogP contribution in [-0.2, 0) is 33.3 Å². The highest BCUT2D eigenvalue weighted by Gasteiger charge is 2.25. The normalized spacial score (nSPS) is 13.6. The van der Waals surface area contributed by atoms with Crippen molar-refractivity contribution in [2.75, 3.05) is 47.5 Å². The molecule has 68 heavy (non-hydrogen) atoms. The van der Waals surface area contributed by atoms with Gasteiger partial charge < -0.3 is 28.5 Å². The summed E-state index contributed by atoms with van der Waals surface area (Å²) in [6.45, 7) is 4.70. The van der Waals surface area contributed by atoms with Crippen molar-refractivity contribution in [2.24, 2.45) is 0 Å². The highest BCUT2D eigenvalue weighted by atomic mass is 16.7. The van der Waals surface area contributed by atoms with Gasteiger partial charge in [-0.15, -0.1) is 0 Å². The van der Waals surface area contributed by atoms with Crippen LogP contribution in [0.1, 0.15) is 200 Å². The van der Waals surface area contributed by atoms with Crippen LogP contribution in [0.5, 0.6) is 0 Å². The number of esters is 2. The van der Waals surface area contributed by atoms with E-state index in [0.717, 1.165) is 109 Å². The van der Waals surface area contributed by atoms with Crippen LogP contribution in [0.3, 0.4) is 0 Å². The van der Waals surface area contributed by atoms with Gasteiger partial charge in [0.25, 0.3) is 6.29 Å². The molecule has 0 aromatic heterocycles. The van der Waals surface area contributed by atoms with Gasteiger partial charge in [-0.2, -0.15) is 0 Å². The van der Waals surface area contributed by atoms with Crippen molar-refractivity contribution in [3.63, 3.8) is 0 Å². The molecule has 2 atom stereocenters. The number of rotatable bonds is 48. The molecule has 0 aliphatic rings. The molecule has 0 bridgehead atoms. The predicted molar refractivity (Wildman–Crippen MR) is 285 cm³/mol. The van der Waals surface area contributed by atoms with Gasteiger partial charge in [0.05, 0.1) is 34.4 Å². The molecule has 1 N–H and O–H groups in total. The lowest BCUT2D eigenvalue weighted by Gasteiger charge is -2.25. The minimum absolute atomic E-state index is 0.178. The number of quaternary nitrogens is 1. The molecule has 0 fully saturated rings. The first kappa shape index (κ1) is 64.2. The summed E-state index contributed by atoms with van der Waals surface area (Å²) in [6, 6.07) is 0. The van der Waals surface area contributed by atoms with Crippen LogP contribution >= 0.6 is 0 Å². The Kier molecular flexibility index (Phi) is 46.9. The smallest absolute Gasteiger partial charge is 0.361 e. The zero-order valence-corrected chi connectivity index (χ0v) is 44.0. The van der Waals surface area contributed by atoms with E-state index >= 15 is 0 Å². The molecule has 388 valence electrons. The molecule has 9 nitrogen and oxygen atoms in total. The average molecular weight is 951 g/mol. The van der Waals surface area contributed by atoms with Crippen molar-refractivity contribution >= 4 is 17.9 Å². The van der Waals surface area contributed by atoms with Gasteiger partial charge in [0.1, 0.15) is 13.2 Å². The Hall–Kier alpha value is -3.79. The number of hydrogen-bond donors (Lipinski definition) is 1. The highest BCUT2D eigenvalue weighted by Crippen LogP contribution is 2.14. The maximum Gasteiger partial charge on any atom is 0.361 e. The first-order valence-corrected chi connectivity index (χ1v) is 26.9. The third kappa shape index (κ3) is 50.1. The second-order valence-corrected chi connectivity index (χ2v) is 18.8. The molecule has 0 aromatic carbocycles. The summed E-state index contributed by atoms with van der Waals surface area (Å²) in [5.41, 5.74) is 0. The molecule has 0 saturated heterocycles. The summed E-state index contributed by atoms with van der Waals surface area (Å²) < 4.78 is 22.8. The van der Waals surface area contributed by atoms with E-state index in [1.54, 1.807) is 0 Å². The van der Waals surface area contributed by atoms with Gasteiger partial charge in [0.15, 0.2) is 6.10 Å². The van der Waals surface area contributed by atoms with E-state index in [1.165, 1.54) is 57.8 Å². The minimum atomic E-state index is -1.52. The first-order chi connectivity index (χ1) is 33.1. The molecule has 0 aromatic rings. The zero-order valence-electron chi connectivity index (χ0n) is 44.0. The standard InChI is InChI=1S/C59H99NO8/c1-6-8-10-12-14-16-18-20-22-24-25-26-27-28-29-30-31-32-33-34-36-38-40-42-44-46-48-50-57(62)68-55(54-67-59(58(63)64)65-52-51-60(3,4)5)53-66-56(61)49-47-45-43-41-39-37-35-23-21-19-17-15-13-11-9-7-2/h8,10,14,16-17,19-20,22-23,25-26,28-29,31-32,35,55,59H,6-7,9,11-13,15,18,21,24,27,30,33-34,36-54H2,1-5H3/p+1/b10-8-,16-14-,19-17-,22-20-,26-25-,29-28-,32-31-,35-23-. The fraction of sp³-hybridized carbons (Fsp3) is 0.678. The molecule has 0 rings (SSSR count). The third-order valence-electron chi connectivity index (χ3n) is 11.1. The molecule has 9 heteroatoms. The van der Waals surface area contributed by atoms with Crippen molar-refractivity contribution in [1.82, 2.24) is 0 Å². The van der Waals surface area contributed by atoms with Gasteiger partial charge in [0.2, 0.25) is 0 Å². The van der Waals surface area contributed by atoms with Crippen LogP contribution in [0, 0.1) is 0 Å². The van der Waals surface area contributed by atoms with Crippen molar-refractivity contribution < 1.29 is 42.9 Å². The number of ether oxygens (including phenoxy) is 4. The lowest BCUT2D eigenvalue weighted by Crippen LogP contribution is -2.40. The van der Waals surface area contributed by atoms with E-state index in [4.69, 9.17) is 18.9 Å². The van der Waals surface area contributed by atoms with Gasteiger partial charge in [-0.1, -0.05) is 188 Å². The second-order valence-electron chi connectivity index (χ2n) is 18.8. The monoisotopic (exact) mass is 951 g/mol. The largest absolute Gasteiger partial charge is 0.477 e. The van der Waals surface area contributed by atoms with E-state index < -0.39 is 24.3 Å². The summed E-state index contributed by atoms with van der Waals surface area (Å²) in [5, 5.41) is 9.68. The fourth-order valence-corrected chi connectivity index (χ4v) is 6.93. The minimum Gasteiger partial charge on any atom is -0.477 e. The number of likely N-dealkylation sites (N-methyl/N-ethyl adjacent to an activating group) is 1. The molecule has 0 amide bonds. The number of carbonyl (C=O) groups is 3. The Morgan fingerprint density at radius 2 is 0.838 bits per heavy atom. The molecule has 0 heterocycles. The Balaban J connectivity index is 4.34. The Morgan fingerprint density at radius 1 is 0.456 bits per heavy atom. The summed E-state index contributed by atoms with van der Waals surface area (Å²) in [4.78, 5) is 37.3. The number of carboxylic acids is 1. The van der Waals surface area contributed by atoms with Gasteiger partial charge in [0, 0.05) is 12.8 Å². The van der Waals surface area contributed by atoms with E-state index in [0.29, 0.717) is 17.4 Å². The number of allylic oxidation sites excluding steroid dienone is 16. The van der Waals surface area contributed by atoms with Crippen LogP contribution in [0.15, 0.2) is 97.2 Å². The molecule has 0 spiro atoms. The molecule has 0 aliphatic heterocycles. The maximum atomic E-state index is 12.8. The lowest BCUT2D eigenvalue weighted by atomic mass is 10.1. The van der Waals surface area contributed by atoms with Crippen LogP contribution in [0.4, 0.5) is 0 Å². The van der Waals surface area contributed by atoms with Crippen LogP contribution in [-0.4, -0.2) is 87.4 Å². The average Bonchev–Trinajstić information content (AvgIpc) is 3.30. The Bertz CT molecular complexity index is 1430. The molecular weight excluding hydrogens is 851 g/mol. The van der Waals surface area contributed by atoms with Crippen molar-refractivity contribution in [2.45, 2.75) is 212 Å². The fourth-order valence-electron chi connectivity index (χ4n) is 6.93. The van der Waals surface area contributed by atoms with Gasteiger partial charge in [-0.05, 0) is 96.3 Å². The molecule has 0 aliphatic carbocycles.